The van der Waals surface area contributed by atoms with Crippen molar-refractivity contribution in [2.45, 2.75) is 24.3 Å². The fraction of sp³-hybridized carbons (Fsp3) is 0.235. The van der Waals surface area contributed by atoms with Gasteiger partial charge in [0.15, 0.2) is 11.0 Å². The number of carbonyl (C=O) groups is 1. The molecule has 1 atom stereocenters. The average Bonchev–Trinajstić information content (AvgIpc) is 3.12. The molecule has 0 radical (unpaired) electrons. The lowest BCUT2D eigenvalue weighted by Crippen LogP contribution is -2.22. The molecule has 0 aliphatic heterocycles. The number of benzene rings is 1. The minimum Gasteiger partial charge on any atom is -0.469 e. The number of amides is 1. The summed E-state index contributed by atoms with van der Waals surface area (Å²) < 4.78 is 7.15. The van der Waals surface area contributed by atoms with Crippen molar-refractivity contribution in [1.29, 1.82) is 0 Å². The summed E-state index contributed by atoms with van der Waals surface area (Å²) in [5.41, 5.74) is 1.42. The van der Waals surface area contributed by atoms with E-state index in [1.54, 1.807) is 31.4 Å². The molecule has 0 unspecified atom stereocenters. The Morgan fingerprint density at radius 3 is 2.58 bits per heavy atom. The van der Waals surface area contributed by atoms with E-state index in [1.807, 2.05) is 24.6 Å². The number of nitrogens with one attached hydrogen (secondary N) is 1. The van der Waals surface area contributed by atoms with Crippen LogP contribution < -0.4 is 5.32 Å². The van der Waals surface area contributed by atoms with Crippen molar-refractivity contribution in [3.63, 3.8) is 0 Å². The molecule has 1 N–H and O–H groups in total. The summed E-state index contributed by atoms with van der Waals surface area (Å²) in [6.45, 7) is 3.66. The zero-order valence-corrected chi connectivity index (χ0v) is 16.6. The van der Waals surface area contributed by atoms with E-state index in [0.717, 1.165) is 11.3 Å². The minimum atomic E-state index is -0.394. The maximum absolute atomic E-state index is 12.4. The van der Waals surface area contributed by atoms with Crippen molar-refractivity contribution in [2.75, 3.05) is 5.32 Å². The molecule has 3 rings (SSSR count). The molecule has 0 spiro atoms. The number of furan rings is 1. The van der Waals surface area contributed by atoms with Gasteiger partial charge >= 0.3 is 0 Å². The molecular formula is C17H16Cl2N4O2S. The van der Waals surface area contributed by atoms with Gasteiger partial charge in [0.2, 0.25) is 5.91 Å². The standard InChI is InChI=1S/C17H16Cl2N4O2S/c1-9-14(4-5-25-9)15-21-22-17(23(15)3)26-10(2)16(24)20-13-7-11(18)6-12(19)8-13/h4-8,10H,1-3H3,(H,20,24)/t10-/m1/s1. The van der Waals surface area contributed by atoms with E-state index < -0.39 is 5.25 Å². The molecule has 2 heterocycles. The van der Waals surface area contributed by atoms with Crippen LogP contribution in [0.4, 0.5) is 5.69 Å². The maximum Gasteiger partial charge on any atom is 0.237 e. The lowest BCUT2D eigenvalue weighted by atomic mass is 10.2. The summed E-state index contributed by atoms with van der Waals surface area (Å²) in [6, 6.07) is 6.73. The van der Waals surface area contributed by atoms with Crippen LogP contribution >= 0.6 is 35.0 Å². The van der Waals surface area contributed by atoms with Crippen LogP contribution in [-0.4, -0.2) is 25.9 Å². The summed E-state index contributed by atoms with van der Waals surface area (Å²) in [5, 5.41) is 12.3. The van der Waals surface area contributed by atoms with E-state index in [2.05, 4.69) is 15.5 Å². The second-order valence-electron chi connectivity index (χ2n) is 5.66. The van der Waals surface area contributed by atoms with Crippen molar-refractivity contribution in [2.24, 2.45) is 7.05 Å². The molecule has 136 valence electrons. The first kappa shape index (κ1) is 18.8. The molecule has 26 heavy (non-hydrogen) atoms. The fourth-order valence-electron chi connectivity index (χ4n) is 2.35. The smallest absolute Gasteiger partial charge is 0.237 e. The van der Waals surface area contributed by atoms with Gasteiger partial charge < -0.3 is 14.3 Å². The van der Waals surface area contributed by atoms with Gasteiger partial charge in [-0.25, -0.2) is 0 Å². The third kappa shape index (κ3) is 4.06. The van der Waals surface area contributed by atoms with Crippen LogP contribution in [-0.2, 0) is 11.8 Å². The number of halogens is 2. The first-order chi connectivity index (χ1) is 12.3. The van der Waals surface area contributed by atoms with Gasteiger partial charge in [-0.3, -0.25) is 4.79 Å². The molecule has 0 saturated carbocycles. The first-order valence-electron chi connectivity index (χ1n) is 7.72. The van der Waals surface area contributed by atoms with Crippen LogP contribution in [0, 0.1) is 6.92 Å². The molecule has 2 aromatic heterocycles. The predicted molar refractivity (Wildman–Crippen MR) is 104 cm³/mol. The molecule has 9 heteroatoms. The van der Waals surface area contributed by atoms with Crippen molar-refractivity contribution >= 4 is 46.6 Å². The molecule has 0 saturated heterocycles. The predicted octanol–water partition coefficient (Wildman–Crippen LogP) is 4.81. The Bertz CT molecular complexity index is 934. The van der Waals surface area contributed by atoms with Crippen molar-refractivity contribution < 1.29 is 9.21 Å². The van der Waals surface area contributed by atoms with Gasteiger partial charge in [-0.1, -0.05) is 35.0 Å². The van der Waals surface area contributed by atoms with Crippen LogP contribution in [0.2, 0.25) is 10.0 Å². The average molecular weight is 411 g/mol. The lowest BCUT2D eigenvalue weighted by Gasteiger charge is -2.12. The summed E-state index contributed by atoms with van der Waals surface area (Å²) in [7, 11) is 1.85. The highest BCUT2D eigenvalue weighted by Crippen LogP contribution is 2.29. The summed E-state index contributed by atoms with van der Waals surface area (Å²) in [6.07, 6.45) is 1.61. The van der Waals surface area contributed by atoms with Crippen LogP contribution in [0.1, 0.15) is 12.7 Å². The Morgan fingerprint density at radius 2 is 1.96 bits per heavy atom. The Hall–Kier alpha value is -1.96. The van der Waals surface area contributed by atoms with Crippen LogP contribution in [0.5, 0.6) is 0 Å². The highest BCUT2D eigenvalue weighted by molar-refractivity contribution is 8.00. The topological polar surface area (TPSA) is 72.9 Å². The maximum atomic E-state index is 12.4. The highest BCUT2D eigenvalue weighted by atomic mass is 35.5. The van der Waals surface area contributed by atoms with Gasteiger partial charge in [0.1, 0.15) is 5.76 Å². The van der Waals surface area contributed by atoms with Crippen molar-refractivity contribution in [1.82, 2.24) is 14.8 Å². The fourth-order valence-corrected chi connectivity index (χ4v) is 3.69. The number of rotatable bonds is 5. The van der Waals surface area contributed by atoms with Gasteiger partial charge in [0.25, 0.3) is 0 Å². The van der Waals surface area contributed by atoms with Gasteiger partial charge in [-0.2, -0.15) is 0 Å². The van der Waals surface area contributed by atoms with Gasteiger partial charge in [0, 0.05) is 22.8 Å². The number of anilines is 1. The molecule has 1 amide bonds. The Labute approximate surface area is 164 Å². The quantitative estimate of drug-likeness (QED) is 0.610. The van der Waals surface area contributed by atoms with Gasteiger partial charge in [-0.05, 0) is 38.1 Å². The minimum absolute atomic E-state index is 0.183. The van der Waals surface area contributed by atoms with Crippen molar-refractivity contribution in [3.8, 4) is 11.4 Å². The highest BCUT2D eigenvalue weighted by Gasteiger charge is 2.20. The molecule has 0 aliphatic carbocycles. The zero-order chi connectivity index (χ0) is 18.8. The SMILES string of the molecule is Cc1occc1-c1nnc(S[C@H](C)C(=O)Nc2cc(Cl)cc(Cl)c2)n1C. The number of aromatic nitrogens is 3. The second kappa shape index (κ2) is 7.73. The second-order valence-corrected chi connectivity index (χ2v) is 7.84. The summed E-state index contributed by atoms with van der Waals surface area (Å²) in [5.74, 6) is 1.27. The van der Waals surface area contributed by atoms with E-state index in [-0.39, 0.29) is 5.91 Å². The lowest BCUT2D eigenvalue weighted by molar-refractivity contribution is -0.115. The third-order valence-electron chi connectivity index (χ3n) is 3.72. The van der Waals surface area contributed by atoms with E-state index in [1.165, 1.54) is 11.8 Å². The monoisotopic (exact) mass is 410 g/mol. The Balaban J connectivity index is 1.72. The summed E-state index contributed by atoms with van der Waals surface area (Å²) >= 11 is 13.2. The van der Waals surface area contributed by atoms with E-state index in [9.17, 15) is 4.79 Å². The number of nitrogens with zero attached hydrogens (tertiary/aromatic N) is 3. The van der Waals surface area contributed by atoms with Crippen LogP contribution in [0.15, 0.2) is 40.1 Å². The third-order valence-corrected chi connectivity index (χ3v) is 5.29. The van der Waals surface area contributed by atoms with Gasteiger partial charge in [0.05, 0.1) is 17.1 Å². The van der Waals surface area contributed by atoms with Gasteiger partial charge in [-0.15, -0.1) is 10.2 Å². The molecule has 3 aromatic rings. The molecule has 6 nitrogen and oxygen atoms in total. The molecule has 0 bridgehead atoms. The molecule has 1 aromatic carbocycles. The molecule has 0 fully saturated rings. The number of carbonyl (C=O) groups excluding carboxylic acids is 1. The number of thioether (sulfide) groups is 1. The summed E-state index contributed by atoms with van der Waals surface area (Å²) in [4.78, 5) is 12.4. The van der Waals surface area contributed by atoms with E-state index >= 15 is 0 Å². The normalized spacial score (nSPS) is 12.2. The van der Waals surface area contributed by atoms with E-state index in [0.29, 0.717) is 26.7 Å². The molecular weight excluding hydrogens is 395 g/mol. The van der Waals surface area contributed by atoms with Crippen LogP contribution in [0.25, 0.3) is 11.4 Å². The van der Waals surface area contributed by atoms with Crippen LogP contribution in [0.3, 0.4) is 0 Å². The van der Waals surface area contributed by atoms with E-state index in [4.69, 9.17) is 27.6 Å². The number of hydrogen-bond donors (Lipinski definition) is 1. The first-order valence-corrected chi connectivity index (χ1v) is 9.36. The number of hydrogen-bond acceptors (Lipinski definition) is 5. The Kier molecular flexibility index (Phi) is 5.60. The zero-order valence-electron chi connectivity index (χ0n) is 14.3. The number of aryl methyl sites for hydroxylation is 1. The van der Waals surface area contributed by atoms with Crippen molar-refractivity contribution in [3.05, 3.63) is 46.3 Å². The largest absolute Gasteiger partial charge is 0.469 e. The Morgan fingerprint density at radius 1 is 1.27 bits per heavy atom. The molecule has 0 aliphatic rings.